The van der Waals surface area contributed by atoms with E-state index < -0.39 is 14.8 Å². The van der Waals surface area contributed by atoms with Crippen LogP contribution < -0.4 is 10.4 Å². The second-order valence-corrected chi connectivity index (χ2v) is 14.7. The Morgan fingerprint density at radius 2 is 1.35 bits per heavy atom. The first-order chi connectivity index (χ1) is 15.2. The zero-order valence-electron chi connectivity index (χ0n) is 23.5. The van der Waals surface area contributed by atoms with E-state index in [9.17, 15) is 0 Å². The molecule has 2 atom stereocenters. The minimum absolute atomic E-state index is 0.0358. The molecular weight excluding hydrogens is 442 g/mol. The second kappa shape index (κ2) is 8.59. The highest BCUT2D eigenvalue weighted by molar-refractivity contribution is 7.41. The molecule has 2 aliphatic rings. The molecule has 0 saturated carbocycles. The summed E-state index contributed by atoms with van der Waals surface area (Å²) in [5, 5.41) is 2.07. The van der Waals surface area contributed by atoms with E-state index in [1.165, 1.54) is 16.7 Å². The number of hydrogen-bond acceptors (Lipinski definition) is 2. The molecule has 0 radical (unpaired) electrons. The van der Waals surface area contributed by atoms with Crippen molar-refractivity contribution in [2.24, 2.45) is 16.2 Å². The van der Waals surface area contributed by atoms with Crippen molar-refractivity contribution in [3.63, 3.8) is 0 Å². The molecule has 0 saturated heterocycles. The van der Waals surface area contributed by atoms with Gasteiger partial charge >= 0.3 is 8.69 Å². The van der Waals surface area contributed by atoms with E-state index in [1.54, 1.807) is 0 Å². The van der Waals surface area contributed by atoms with Crippen molar-refractivity contribution in [1.82, 2.24) is 0 Å². The molecule has 188 valence electrons. The van der Waals surface area contributed by atoms with Crippen LogP contribution in [0.25, 0.3) is 11.3 Å². The number of benzene rings is 1. The van der Waals surface area contributed by atoms with Crippen molar-refractivity contribution < 1.29 is 13.2 Å². The first-order valence-electron chi connectivity index (χ1n) is 12.4. The van der Waals surface area contributed by atoms with Crippen LogP contribution in [0.1, 0.15) is 95.6 Å². The zero-order chi connectivity index (χ0) is 26.0. The van der Waals surface area contributed by atoms with Gasteiger partial charge in [0.2, 0.25) is 0 Å². The van der Waals surface area contributed by atoms with Crippen LogP contribution in [0.2, 0.25) is 0 Å². The molecule has 2 unspecified atom stereocenters. The van der Waals surface area contributed by atoms with Gasteiger partial charge in [-0.05, 0) is 62.3 Å². The van der Waals surface area contributed by atoms with Crippen LogP contribution >= 0.6 is 8.69 Å². The monoisotopic (exact) mass is 486 g/mol. The summed E-state index contributed by atoms with van der Waals surface area (Å²) < 4.78 is 27.8. The maximum atomic E-state index is 15.6. The number of hydrogen-bond donors (Lipinski definition) is 0. The van der Waals surface area contributed by atoms with Crippen LogP contribution in [0.5, 0.6) is 0 Å². The summed E-state index contributed by atoms with van der Waals surface area (Å²) >= 11 is 0. The van der Waals surface area contributed by atoms with Crippen molar-refractivity contribution in [2.45, 2.75) is 102 Å². The molecule has 0 amide bonds. The lowest BCUT2D eigenvalue weighted by atomic mass is 9.69. The molecule has 0 spiro atoms. The molecule has 1 aliphatic carbocycles. The van der Waals surface area contributed by atoms with Gasteiger partial charge in [0.25, 0.3) is 0 Å². The highest BCUT2D eigenvalue weighted by atomic mass is 31.2. The van der Waals surface area contributed by atoms with Crippen LogP contribution in [-0.2, 0) is 14.5 Å². The van der Waals surface area contributed by atoms with E-state index in [0.29, 0.717) is 5.76 Å². The van der Waals surface area contributed by atoms with E-state index in [1.807, 2.05) is 0 Å². The summed E-state index contributed by atoms with van der Waals surface area (Å²) in [5.74, 6) is 0.658. The number of allylic oxidation sites excluding steroid dienone is 2. The first kappa shape index (κ1) is 27.2. The first-order valence-corrected chi connectivity index (χ1v) is 13.4. The van der Waals surface area contributed by atoms with Crippen molar-refractivity contribution >= 4 is 20.0 Å². The maximum absolute atomic E-state index is 15.6. The van der Waals surface area contributed by atoms with E-state index in [-0.39, 0.29) is 21.7 Å². The third-order valence-electron chi connectivity index (χ3n) is 6.78. The fourth-order valence-corrected chi connectivity index (χ4v) is 5.82. The Morgan fingerprint density at radius 1 is 0.765 bits per heavy atom. The predicted octanol–water partition coefficient (Wildman–Crippen LogP) is 8.25. The van der Waals surface area contributed by atoms with Crippen LogP contribution in [0.3, 0.4) is 0 Å². The van der Waals surface area contributed by atoms with Crippen molar-refractivity contribution in [2.75, 3.05) is 0 Å². The average molecular weight is 487 g/mol. The van der Waals surface area contributed by atoms with Gasteiger partial charge in [-0.1, -0.05) is 101 Å². The summed E-state index contributed by atoms with van der Waals surface area (Å²) in [6.07, 6.45) is 1.77. The Labute approximate surface area is 208 Å². The number of rotatable bonds is 0. The van der Waals surface area contributed by atoms with E-state index >= 15 is 4.20 Å². The fourth-order valence-electron chi connectivity index (χ4n) is 4.88. The lowest BCUT2D eigenvalue weighted by Gasteiger charge is -2.40. The summed E-state index contributed by atoms with van der Waals surface area (Å²) in [6, 6.07) is 6.63. The lowest BCUT2D eigenvalue weighted by Crippen LogP contribution is -2.42. The van der Waals surface area contributed by atoms with E-state index in [2.05, 4.69) is 114 Å². The Morgan fingerprint density at radius 3 is 1.82 bits per heavy atom. The Kier molecular flexibility index (Phi) is 6.86. The molecule has 1 aromatic carbocycles. The van der Waals surface area contributed by atoms with Crippen molar-refractivity contribution in [3.8, 4) is 0 Å². The van der Waals surface area contributed by atoms with Gasteiger partial charge in [-0.25, -0.2) is 0 Å². The summed E-state index contributed by atoms with van der Waals surface area (Å²) in [7, 11) is -2.60. The van der Waals surface area contributed by atoms with Crippen molar-refractivity contribution in [3.05, 3.63) is 57.0 Å². The third kappa shape index (κ3) is 5.21. The molecule has 0 bridgehead atoms. The predicted molar refractivity (Wildman–Crippen MR) is 144 cm³/mol. The highest BCUT2D eigenvalue weighted by Gasteiger charge is 2.40. The molecular formula is C30H44FO2P. The van der Waals surface area contributed by atoms with Gasteiger partial charge in [-0.2, -0.15) is 0 Å². The topological polar surface area (TPSA) is 18.5 Å². The maximum Gasteiger partial charge on any atom is 0.439 e. The summed E-state index contributed by atoms with van der Waals surface area (Å²) in [6.45, 7) is 28.3. The molecule has 4 heteroatoms. The van der Waals surface area contributed by atoms with Crippen LogP contribution in [-0.4, -0.2) is 6.10 Å². The minimum Gasteiger partial charge on any atom is -0.427 e. The molecule has 0 fully saturated rings. The Bertz CT molecular complexity index is 1160. The van der Waals surface area contributed by atoms with Gasteiger partial charge in [-0.15, -0.1) is 4.20 Å². The van der Waals surface area contributed by atoms with E-state index in [0.717, 1.165) is 21.6 Å². The smallest absolute Gasteiger partial charge is 0.427 e. The highest BCUT2D eigenvalue weighted by Crippen LogP contribution is 2.54. The van der Waals surface area contributed by atoms with Crippen LogP contribution in [0.4, 0.5) is 4.20 Å². The standard InChI is InChI=1S/C30H44FO2P/c1-18-22(28(5,6)7)17-23(29(8,9)10)25-24(18)20-15-14-19(27(2,3)4)16-21(20)26(30(11,12)13)33-34(31)32-25/h14-17,25H,1-13H3. The van der Waals surface area contributed by atoms with Crippen LogP contribution in [0, 0.1) is 16.2 Å². The van der Waals surface area contributed by atoms with Crippen LogP contribution in [0.15, 0.2) is 41.0 Å². The molecule has 0 aromatic heterocycles. The normalized spacial score (nSPS) is 22.5. The average Bonchev–Trinajstić information content (AvgIpc) is 2.61. The largest absolute Gasteiger partial charge is 0.439 e. The summed E-state index contributed by atoms with van der Waals surface area (Å²) in [4.78, 5) is 0. The second-order valence-electron chi connectivity index (χ2n) is 13.9. The van der Waals surface area contributed by atoms with Crippen molar-refractivity contribution in [1.29, 1.82) is 0 Å². The van der Waals surface area contributed by atoms with E-state index in [4.69, 9.17) is 9.05 Å². The minimum atomic E-state index is -2.60. The number of fused-ring (bicyclic) bond motifs is 2. The van der Waals surface area contributed by atoms with Gasteiger partial charge in [0.15, 0.2) is 0 Å². The van der Waals surface area contributed by atoms with Gasteiger partial charge < -0.3 is 4.52 Å². The van der Waals surface area contributed by atoms with Gasteiger partial charge in [-0.3, -0.25) is 4.52 Å². The van der Waals surface area contributed by atoms with Gasteiger partial charge in [0.1, 0.15) is 11.9 Å². The molecule has 1 aromatic rings. The van der Waals surface area contributed by atoms with Gasteiger partial charge in [0, 0.05) is 10.6 Å². The SMILES string of the molecule is CC1=C(C(C)(C)C)C=C(C(C)(C)C)C2OP(F)OC(C(C)(C)C)=c3cc(C(C)(C)C)ccc3=C12. The molecule has 2 nitrogen and oxygen atoms in total. The third-order valence-corrected chi connectivity index (χ3v) is 7.48. The Hall–Kier alpha value is -1.44. The summed E-state index contributed by atoms with van der Waals surface area (Å²) in [5.41, 5.74) is 5.17. The van der Waals surface area contributed by atoms with Gasteiger partial charge in [0.05, 0.1) is 0 Å². The fraction of sp³-hybridized carbons (Fsp3) is 0.600. The Balaban J connectivity index is 2.64. The molecule has 34 heavy (non-hydrogen) atoms. The molecule has 3 rings (SSSR count). The molecule has 1 aliphatic heterocycles. The quantitative estimate of drug-likeness (QED) is 0.344. The zero-order valence-corrected chi connectivity index (χ0v) is 24.4. The number of halogens is 1. The lowest BCUT2D eigenvalue weighted by molar-refractivity contribution is 0.221. The molecule has 0 N–H and O–H groups in total. The molecule has 1 heterocycles.